The number of anilines is 1. The molecule has 44 heavy (non-hydrogen) atoms. The molecule has 2 saturated heterocycles. The van der Waals surface area contributed by atoms with Crippen LogP contribution in [-0.2, 0) is 15.7 Å². The molecule has 0 unspecified atom stereocenters. The van der Waals surface area contributed by atoms with Crippen LogP contribution in [-0.4, -0.2) is 80.3 Å². The van der Waals surface area contributed by atoms with Gasteiger partial charge in [0.2, 0.25) is 0 Å². The van der Waals surface area contributed by atoms with Gasteiger partial charge in [-0.25, -0.2) is 9.67 Å². The number of alkyl halides is 3. The van der Waals surface area contributed by atoms with E-state index in [-0.39, 0.29) is 42.1 Å². The SMILES string of the molecule is CCN1C(=O)[C@@H](NC(=O)c2cncc(C(F)(F)F)n2)[C@@H](C2CC2)c2c(C(=O)N3[C@H](C#N)C[C@H]4C[C@H]43)nn(C3CCOCC3)c21. The highest BCUT2D eigenvalue weighted by Gasteiger charge is 2.57. The first kappa shape index (κ1) is 28.7. The number of hydrogen-bond donors (Lipinski definition) is 1. The van der Waals surface area contributed by atoms with Gasteiger partial charge < -0.3 is 15.0 Å². The van der Waals surface area contributed by atoms with Crippen molar-refractivity contribution in [1.82, 2.24) is 30.0 Å². The fourth-order valence-corrected chi connectivity index (χ4v) is 7.18. The maximum absolute atomic E-state index is 14.3. The Morgan fingerprint density at radius 3 is 2.55 bits per heavy atom. The second kappa shape index (κ2) is 10.5. The summed E-state index contributed by atoms with van der Waals surface area (Å²) in [6.07, 6.45) is 0.825. The number of fused-ring (bicyclic) bond motifs is 2. The summed E-state index contributed by atoms with van der Waals surface area (Å²) >= 11 is 0. The van der Waals surface area contributed by atoms with Crippen LogP contribution in [0.3, 0.4) is 0 Å². The number of amides is 3. The van der Waals surface area contributed by atoms with Crippen molar-refractivity contribution < 1.29 is 32.3 Å². The molecule has 5 aliphatic rings. The van der Waals surface area contributed by atoms with E-state index in [0.717, 1.165) is 25.5 Å². The molecule has 232 valence electrons. The summed E-state index contributed by atoms with van der Waals surface area (Å²) in [6.45, 7) is 2.98. The molecule has 2 aromatic rings. The fraction of sp³-hybridized carbons (Fsp3) is 0.621. The molecule has 12 nitrogen and oxygen atoms in total. The number of hydrogen-bond acceptors (Lipinski definition) is 8. The van der Waals surface area contributed by atoms with E-state index in [4.69, 9.17) is 9.84 Å². The molecule has 0 radical (unpaired) electrons. The van der Waals surface area contributed by atoms with Crippen molar-refractivity contribution in [3.05, 3.63) is 35.0 Å². The number of carbonyl (C=O) groups excluding carboxylic acids is 3. The average Bonchev–Trinajstić information content (AvgIpc) is 3.94. The first-order valence-electron chi connectivity index (χ1n) is 15.1. The number of likely N-dealkylation sites (N-methyl/N-ethyl adjacent to an activating group) is 1. The summed E-state index contributed by atoms with van der Waals surface area (Å²) in [6, 6.07) is 0.352. The number of nitriles is 1. The third-order valence-corrected chi connectivity index (χ3v) is 9.52. The molecule has 1 N–H and O–H groups in total. The zero-order chi connectivity index (χ0) is 30.9. The van der Waals surface area contributed by atoms with Crippen molar-refractivity contribution in [3.63, 3.8) is 0 Å². The number of aromatic nitrogens is 4. The largest absolute Gasteiger partial charge is 0.434 e. The second-order valence-corrected chi connectivity index (χ2v) is 12.2. The molecule has 5 atom stereocenters. The van der Waals surface area contributed by atoms with Crippen LogP contribution in [0.5, 0.6) is 0 Å². The maximum Gasteiger partial charge on any atom is 0.434 e. The van der Waals surface area contributed by atoms with Gasteiger partial charge in [-0.15, -0.1) is 0 Å². The van der Waals surface area contributed by atoms with Crippen molar-refractivity contribution in [2.45, 2.75) is 81.7 Å². The van der Waals surface area contributed by atoms with Gasteiger partial charge in [-0.3, -0.25) is 24.3 Å². The number of rotatable bonds is 6. The van der Waals surface area contributed by atoms with Crippen LogP contribution in [0.2, 0.25) is 0 Å². The summed E-state index contributed by atoms with van der Waals surface area (Å²) in [7, 11) is 0. The van der Waals surface area contributed by atoms with E-state index in [0.29, 0.717) is 50.1 Å². The molecule has 2 aromatic heterocycles. The summed E-state index contributed by atoms with van der Waals surface area (Å²) in [4.78, 5) is 52.0. The minimum atomic E-state index is -4.81. The summed E-state index contributed by atoms with van der Waals surface area (Å²) < 4.78 is 47.3. The molecule has 0 spiro atoms. The Morgan fingerprint density at radius 1 is 1.14 bits per heavy atom. The molecular formula is C29H31F3N8O4. The quantitative estimate of drug-likeness (QED) is 0.524. The van der Waals surface area contributed by atoms with Gasteiger partial charge in [0.15, 0.2) is 11.4 Å². The highest BCUT2D eigenvalue weighted by atomic mass is 19.4. The van der Waals surface area contributed by atoms with Crippen molar-refractivity contribution >= 4 is 23.5 Å². The zero-order valence-electron chi connectivity index (χ0n) is 24.0. The Morgan fingerprint density at radius 2 is 1.89 bits per heavy atom. The van der Waals surface area contributed by atoms with Gasteiger partial charge in [0.05, 0.1) is 24.5 Å². The number of likely N-dealkylation sites (tertiary alicyclic amines) is 1. The molecule has 5 heterocycles. The van der Waals surface area contributed by atoms with E-state index < -0.39 is 47.4 Å². The standard InChI is InChI=1S/C29H31F3N8O4/c1-2-38-26-22(21(14-3-4-14)23(27(38)42)36-25(41)18-12-34-13-20(35-18)29(30,31)32)24(37-40(26)16-5-7-44-8-6-16)28(43)39-17(11-33)9-15-10-19(15)39/h12-17,19,21,23H,2-10H2,1H3,(H,36,41)/t15-,17-,19+,21-,23-/m0/s1. The Labute approximate surface area is 250 Å². The Kier molecular flexibility index (Phi) is 6.87. The van der Waals surface area contributed by atoms with Gasteiger partial charge >= 0.3 is 6.18 Å². The topological polar surface area (TPSA) is 146 Å². The lowest BCUT2D eigenvalue weighted by molar-refractivity contribution is -0.141. The number of nitrogens with zero attached hydrogens (tertiary/aromatic N) is 7. The third kappa shape index (κ3) is 4.70. The molecule has 15 heteroatoms. The van der Waals surface area contributed by atoms with Crippen LogP contribution in [0, 0.1) is 23.2 Å². The predicted molar refractivity (Wildman–Crippen MR) is 145 cm³/mol. The number of halogens is 3. The van der Waals surface area contributed by atoms with E-state index in [2.05, 4.69) is 21.4 Å². The number of nitrogens with one attached hydrogen (secondary N) is 1. The van der Waals surface area contributed by atoms with Crippen LogP contribution in [0.15, 0.2) is 12.4 Å². The van der Waals surface area contributed by atoms with Crippen molar-refractivity contribution in [2.75, 3.05) is 24.7 Å². The average molecular weight is 613 g/mol. The smallest absolute Gasteiger partial charge is 0.381 e. The number of carbonyl (C=O) groups is 3. The summed E-state index contributed by atoms with van der Waals surface area (Å²) in [5.74, 6) is -1.69. The fourth-order valence-electron chi connectivity index (χ4n) is 7.18. The van der Waals surface area contributed by atoms with E-state index in [9.17, 15) is 32.8 Å². The van der Waals surface area contributed by atoms with Crippen LogP contribution < -0.4 is 10.2 Å². The minimum Gasteiger partial charge on any atom is -0.381 e. The number of piperidine rings is 1. The molecule has 2 saturated carbocycles. The lowest BCUT2D eigenvalue weighted by Gasteiger charge is -2.39. The zero-order valence-corrected chi connectivity index (χ0v) is 24.0. The van der Waals surface area contributed by atoms with Gasteiger partial charge in [0.1, 0.15) is 23.6 Å². The van der Waals surface area contributed by atoms with E-state index in [1.54, 1.807) is 16.5 Å². The normalized spacial score (nSPS) is 28.3. The van der Waals surface area contributed by atoms with Crippen molar-refractivity contribution in [2.24, 2.45) is 11.8 Å². The predicted octanol–water partition coefficient (Wildman–Crippen LogP) is 2.83. The molecule has 7 rings (SSSR count). The molecule has 0 bridgehead atoms. The van der Waals surface area contributed by atoms with Gasteiger partial charge in [-0.05, 0) is 57.3 Å². The van der Waals surface area contributed by atoms with E-state index in [1.807, 2.05) is 0 Å². The summed E-state index contributed by atoms with van der Waals surface area (Å²) in [5.41, 5.74) is -1.18. The highest BCUT2D eigenvalue weighted by Crippen LogP contribution is 2.53. The van der Waals surface area contributed by atoms with Crippen LogP contribution >= 0.6 is 0 Å². The Bertz CT molecular complexity index is 1560. The summed E-state index contributed by atoms with van der Waals surface area (Å²) in [5, 5.41) is 17.4. The lowest BCUT2D eigenvalue weighted by atomic mass is 9.82. The van der Waals surface area contributed by atoms with Crippen LogP contribution in [0.4, 0.5) is 19.0 Å². The molecule has 3 amide bonds. The minimum absolute atomic E-state index is 0.0297. The van der Waals surface area contributed by atoms with Gasteiger partial charge in [-0.1, -0.05) is 0 Å². The van der Waals surface area contributed by atoms with Crippen LogP contribution in [0.25, 0.3) is 0 Å². The van der Waals surface area contributed by atoms with E-state index >= 15 is 0 Å². The van der Waals surface area contributed by atoms with Crippen LogP contribution in [0.1, 0.15) is 89.6 Å². The first-order chi connectivity index (χ1) is 21.1. The third-order valence-electron chi connectivity index (χ3n) is 9.52. The van der Waals surface area contributed by atoms with Crippen molar-refractivity contribution in [1.29, 1.82) is 5.26 Å². The highest BCUT2D eigenvalue weighted by molar-refractivity contribution is 6.07. The van der Waals surface area contributed by atoms with Crippen molar-refractivity contribution in [3.8, 4) is 6.07 Å². The molecule has 0 aromatic carbocycles. The van der Waals surface area contributed by atoms with Gasteiger partial charge in [0, 0.05) is 37.3 Å². The monoisotopic (exact) mass is 612 g/mol. The molecule has 3 aliphatic heterocycles. The molecular weight excluding hydrogens is 581 g/mol. The van der Waals surface area contributed by atoms with Gasteiger partial charge in [-0.2, -0.15) is 23.5 Å². The molecule has 4 fully saturated rings. The Hall–Kier alpha value is -4.06. The maximum atomic E-state index is 14.3. The first-order valence-corrected chi connectivity index (χ1v) is 15.1. The Balaban J connectivity index is 1.33. The van der Waals surface area contributed by atoms with Gasteiger partial charge in [0.25, 0.3) is 17.7 Å². The second-order valence-electron chi connectivity index (χ2n) is 12.2. The number of ether oxygens (including phenoxy) is 1. The molecule has 2 aliphatic carbocycles. The lowest BCUT2D eigenvalue weighted by Crippen LogP contribution is -2.56. The van der Waals surface area contributed by atoms with E-state index in [1.165, 1.54) is 4.90 Å².